The van der Waals surface area contributed by atoms with Crippen LogP contribution in [-0.4, -0.2) is 31.8 Å². The molecule has 0 aliphatic heterocycles. The average molecular weight is 371 g/mol. The van der Waals surface area contributed by atoms with Crippen LogP contribution < -0.4 is 9.47 Å². The maximum absolute atomic E-state index is 13.1. The molecule has 0 saturated carbocycles. The Hall–Kier alpha value is -2.79. The summed E-state index contributed by atoms with van der Waals surface area (Å²) in [6.45, 7) is 2.14. The molecule has 0 saturated heterocycles. The maximum atomic E-state index is 13.1. The number of ether oxygens (including phenoxy) is 2. The van der Waals surface area contributed by atoms with Crippen LogP contribution in [0.4, 0.5) is 0 Å². The van der Waals surface area contributed by atoms with Gasteiger partial charge in [0.1, 0.15) is 11.5 Å². The van der Waals surface area contributed by atoms with Gasteiger partial charge in [-0.25, -0.2) is 0 Å². The van der Waals surface area contributed by atoms with Crippen molar-refractivity contribution in [2.75, 3.05) is 14.2 Å². The van der Waals surface area contributed by atoms with E-state index >= 15 is 0 Å². The van der Waals surface area contributed by atoms with Gasteiger partial charge in [0.2, 0.25) is 0 Å². The van der Waals surface area contributed by atoms with Crippen LogP contribution in [0.1, 0.15) is 66.2 Å². The van der Waals surface area contributed by atoms with Crippen molar-refractivity contribution >= 4 is 11.6 Å². The number of unbranched alkanes of at least 4 members (excludes halogenated alkanes) is 4. The fourth-order valence-electron chi connectivity index (χ4n) is 3.32. The zero-order valence-corrected chi connectivity index (χ0v) is 16.0. The molecule has 1 aliphatic carbocycles. The SMILES string of the molecule is CCCCCCCC(N=[N+]=[N-])C1=CC(=O)c2c(OC)ccc(OC)c2C1=O. The molecule has 1 unspecified atom stereocenters. The van der Waals surface area contributed by atoms with Gasteiger partial charge in [-0.3, -0.25) is 9.59 Å². The minimum absolute atomic E-state index is 0.170. The van der Waals surface area contributed by atoms with Gasteiger partial charge in [0.25, 0.3) is 0 Å². The normalized spacial score (nSPS) is 14.1. The quantitative estimate of drug-likeness (QED) is 0.248. The highest BCUT2D eigenvalue weighted by Gasteiger charge is 2.34. The van der Waals surface area contributed by atoms with Gasteiger partial charge in [-0.1, -0.05) is 44.1 Å². The number of allylic oxidation sites excluding steroid dienone is 1. The van der Waals surface area contributed by atoms with Crippen molar-refractivity contribution in [1.29, 1.82) is 0 Å². The zero-order chi connectivity index (χ0) is 19.8. The lowest BCUT2D eigenvalue weighted by atomic mass is 9.84. The van der Waals surface area contributed by atoms with Gasteiger partial charge in [0.15, 0.2) is 11.6 Å². The van der Waals surface area contributed by atoms with Gasteiger partial charge in [0.05, 0.1) is 31.4 Å². The summed E-state index contributed by atoms with van der Waals surface area (Å²) in [4.78, 5) is 28.7. The number of fused-ring (bicyclic) bond motifs is 1. The molecule has 1 aromatic carbocycles. The fourth-order valence-corrected chi connectivity index (χ4v) is 3.32. The number of carbonyl (C=O) groups excluding carboxylic acids is 2. The predicted molar refractivity (Wildman–Crippen MR) is 103 cm³/mol. The summed E-state index contributed by atoms with van der Waals surface area (Å²) in [7, 11) is 2.88. The number of Topliss-reactive ketones (excluding diaryl/α,β-unsaturated/α-hetero) is 1. The summed E-state index contributed by atoms with van der Waals surface area (Å²) in [5, 5.41) is 3.79. The van der Waals surface area contributed by atoms with Gasteiger partial charge in [0, 0.05) is 10.5 Å². The number of benzene rings is 1. The number of hydrogen-bond acceptors (Lipinski definition) is 5. The first-order chi connectivity index (χ1) is 13.1. The molecule has 144 valence electrons. The van der Waals surface area contributed by atoms with E-state index in [-0.39, 0.29) is 28.3 Å². The summed E-state index contributed by atoms with van der Waals surface area (Å²) < 4.78 is 10.5. The maximum Gasteiger partial charge on any atom is 0.194 e. The average Bonchev–Trinajstić information content (AvgIpc) is 2.68. The number of azide groups is 1. The third-order valence-electron chi connectivity index (χ3n) is 4.72. The van der Waals surface area contributed by atoms with Gasteiger partial charge in [-0.2, -0.15) is 0 Å². The molecule has 2 rings (SSSR count). The minimum Gasteiger partial charge on any atom is -0.496 e. The van der Waals surface area contributed by atoms with Crippen LogP contribution >= 0.6 is 0 Å². The van der Waals surface area contributed by atoms with Crippen LogP contribution in [-0.2, 0) is 0 Å². The highest BCUT2D eigenvalue weighted by molar-refractivity contribution is 6.27. The van der Waals surface area contributed by atoms with Gasteiger partial charge < -0.3 is 9.47 Å². The molecule has 7 nitrogen and oxygen atoms in total. The van der Waals surface area contributed by atoms with Gasteiger partial charge in [-0.05, 0) is 30.2 Å². The first kappa shape index (κ1) is 20.5. The second-order valence-corrected chi connectivity index (χ2v) is 6.44. The molecule has 0 aromatic heterocycles. The second kappa shape index (κ2) is 9.78. The fraction of sp³-hybridized carbons (Fsp3) is 0.500. The van der Waals surface area contributed by atoms with E-state index in [1.54, 1.807) is 12.1 Å². The Balaban J connectivity index is 2.35. The lowest BCUT2D eigenvalue weighted by Gasteiger charge is -2.22. The Kier molecular flexibility index (Phi) is 7.44. The third-order valence-corrected chi connectivity index (χ3v) is 4.72. The van der Waals surface area contributed by atoms with Crippen molar-refractivity contribution in [3.63, 3.8) is 0 Å². The first-order valence-electron chi connectivity index (χ1n) is 9.18. The Labute approximate surface area is 159 Å². The number of carbonyl (C=O) groups is 2. The Morgan fingerprint density at radius 2 is 1.67 bits per heavy atom. The predicted octanol–water partition coefficient (Wildman–Crippen LogP) is 5.05. The number of rotatable bonds is 10. The van der Waals surface area contributed by atoms with Crippen LogP contribution in [0.15, 0.2) is 28.9 Å². The number of nitrogens with zero attached hydrogens (tertiary/aromatic N) is 3. The molecule has 1 atom stereocenters. The van der Waals surface area contributed by atoms with Crippen LogP contribution in [0.5, 0.6) is 11.5 Å². The highest BCUT2D eigenvalue weighted by atomic mass is 16.5. The second-order valence-electron chi connectivity index (χ2n) is 6.44. The molecule has 0 heterocycles. The molecule has 1 aromatic rings. The van der Waals surface area contributed by atoms with E-state index in [0.717, 1.165) is 32.1 Å². The van der Waals surface area contributed by atoms with Crippen molar-refractivity contribution < 1.29 is 19.1 Å². The van der Waals surface area contributed by atoms with E-state index in [1.807, 2.05) is 0 Å². The Morgan fingerprint density at radius 3 is 2.26 bits per heavy atom. The van der Waals surface area contributed by atoms with Crippen LogP contribution in [0.25, 0.3) is 10.4 Å². The van der Waals surface area contributed by atoms with Gasteiger partial charge in [-0.15, -0.1) is 0 Å². The summed E-state index contributed by atoms with van der Waals surface area (Å²) in [5.41, 5.74) is 9.50. The minimum atomic E-state index is -0.669. The monoisotopic (exact) mass is 371 g/mol. The number of ketones is 2. The van der Waals surface area contributed by atoms with E-state index in [2.05, 4.69) is 16.9 Å². The molecule has 0 radical (unpaired) electrons. The topological polar surface area (TPSA) is 101 Å². The van der Waals surface area contributed by atoms with Crippen molar-refractivity contribution in [3.8, 4) is 11.5 Å². The lowest BCUT2D eigenvalue weighted by Crippen LogP contribution is -2.25. The third kappa shape index (κ3) is 4.49. The summed E-state index contributed by atoms with van der Waals surface area (Å²) >= 11 is 0. The first-order valence-corrected chi connectivity index (χ1v) is 9.18. The Bertz CT molecular complexity index is 795. The Morgan fingerprint density at radius 1 is 1.04 bits per heavy atom. The standard InChI is InChI=1S/C20H25N3O4/c1-4-5-6-7-8-9-14(22-23-21)13-12-15(24)18-16(26-2)10-11-17(27-3)19(18)20(13)25/h10-12,14H,4-9H2,1-3H3. The molecular weight excluding hydrogens is 346 g/mol. The summed E-state index contributed by atoms with van der Waals surface area (Å²) in [6.07, 6.45) is 7.00. The highest BCUT2D eigenvalue weighted by Crippen LogP contribution is 2.37. The molecule has 0 bridgehead atoms. The molecule has 0 N–H and O–H groups in total. The van der Waals surface area contributed by atoms with Crippen molar-refractivity contribution in [2.45, 2.75) is 51.5 Å². The van der Waals surface area contributed by atoms with Crippen molar-refractivity contribution in [1.82, 2.24) is 0 Å². The molecule has 0 spiro atoms. The van der Waals surface area contributed by atoms with E-state index in [1.165, 1.54) is 20.3 Å². The number of hydrogen-bond donors (Lipinski definition) is 0. The molecule has 0 fully saturated rings. The van der Waals surface area contributed by atoms with Crippen LogP contribution in [0, 0.1) is 0 Å². The smallest absolute Gasteiger partial charge is 0.194 e. The van der Waals surface area contributed by atoms with E-state index in [0.29, 0.717) is 17.9 Å². The molecule has 1 aliphatic rings. The number of methoxy groups -OCH3 is 2. The summed E-state index contributed by atoms with van der Waals surface area (Å²) in [5.74, 6) is -0.0810. The van der Waals surface area contributed by atoms with Gasteiger partial charge >= 0.3 is 0 Å². The van der Waals surface area contributed by atoms with E-state index < -0.39 is 6.04 Å². The van der Waals surface area contributed by atoms with Crippen molar-refractivity contribution in [2.24, 2.45) is 5.11 Å². The van der Waals surface area contributed by atoms with E-state index in [4.69, 9.17) is 15.0 Å². The van der Waals surface area contributed by atoms with E-state index in [9.17, 15) is 9.59 Å². The largest absolute Gasteiger partial charge is 0.496 e. The lowest BCUT2D eigenvalue weighted by molar-refractivity contribution is 0.0973. The van der Waals surface area contributed by atoms with Crippen LogP contribution in [0.3, 0.4) is 0 Å². The van der Waals surface area contributed by atoms with Crippen molar-refractivity contribution in [3.05, 3.63) is 45.4 Å². The molecule has 7 heteroatoms. The zero-order valence-electron chi connectivity index (χ0n) is 16.0. The molecular formula is C20H25N3O4. The molecule has 27 heavy (non-hydrogen) atoms. The molecule has 0 amide bonds. The van der Waals surface area contributed by atoms with Crippen LogP contribution in [0.2, 0.25) is 0 Å². The summed E-state index contributed by atoms with van der Waals surface area (Å²) in [6, 6.07) is 2.52.